The van der Waals surface area contributed by atoms with E-state index in [4.69, 9.17) is 0 Å². The van der Waals surface area contributed by atoms with Gasteiger partial charge in [-0.15, -0.1) is 10.2 Å². The highest BCUT2D eigenvalue weighted by atomic mass is 32.2. The summed E-state index contributed by atoms with van der Waals surface area (Å²) in [5.41, 5.74) is 0.511. The Morgan fingerprint density at radius 3 is 2.44 bits per heavy atom. The minimum atomic E-state index is -4.66. The van der Waals surface area contributed by atoms with E-state index in [0.717, 1.165) is 44.2 Å². The lowest BCUT2D eigenvalue weighted by Crippen LogP contribution is -2.57. The summed E-state index contributed by atoms with van der Waals surface area (Å²) in [7, 11) is 0. The Hall–Kier alpha value is -2.07. The quantitative estimate of drug-likeness (QED) is 0.854. The summed E-state index contributed by atoms with van der Waals surface area (Å²) >= 11 is 0.912. The highest BCUT2D eigenvalue weighted by Gasteiger charge is 2.38. The fourth-order valence-corrected chi connectivity index (χ4v) is 4.20. The molecule has 1 amide bonds. The molecule has 3 fully saturated rings. The zero-order valence-corrected chi connectivity index (χ0v) is 15.0. The first kappa shape index (κ1) is 18.3. The number of rotatable bonds is 4. The fourth-order valence-electron chi connectivity index (χ4n) is 3.52. The fraction of sp³-hybridized carbons (Fsp3) is 0.471. The maximum Gasteiger partial charge on any atom is 0.470 e. The standard InChI is InChI=1S/C17H17F3N4O2S/c18-17(19,20)15-22-23-16(26-15)27-12-3-1-11(2-4-12)14(25)21-13-9-24-7-5-10(13)6-8-24/h1-4,10,13H,5-9H2,(H,21,25)/t13-/m0/s1. The van der Waals surface area contributed by atoms with E-state index in [1.54, 1.807) is 24.3 Å². The number of benzene rings is 1. The summed E-state index contributed by atoms with van der Waals surface area (Å²) in [6, 6.07) is 6.74. The van der Waals surface area contributed by atoms with Crippen LogP contribution in [0, 0.1) is 5.92 Å². The maximum atomic E-state index is 12.5. The molecule has 2 bridgehead atoms. The normalized spacial score (nSPS) is 24.8. The highest BCUT2D eigenvalue weighted by molar-refractivity contribution is 7.99. The van der Waals surface area contributed by atoms with Crippen molar-refractivity contribution in [2.45, 2.75) is 35.2 Å². The van der Waals surface area contributed by atoms with Crippen LogP contribution in [0.25, 0.3) is 0 Å². The number of aromatic nitrogens is 2. The molecule has 3 aliphatic heterocycles. The zero-order valence-electron chi connectivity index (χ0n) is 14.2. The summed E-state index contributed by atoms with van der Waals surface area (Å²) in [6.07, 6.45) is -2.43. The second kappa shape index (κ2) is 7.16. The van der Waals surface area contributed by atoms with Crippen molar-refractivity contribution < 1.29 is 22.4 Å². The van der Waals surface area contributed by atoms with Gasteiger partial charge >= 0.3 is 12.1 Å². The molecule has 144 valence electrons. The first-order valence-corrected chi connectivity index (χ1v) is 9.42. The average Bonchev–Trinajstić information content (AvgIpc) is 3.12. The predicted molar refractivity (Wildman–Crippen MR) is 90.3 cm³/mol. The van der Waals surface area contributed by atoms with Crippen LogP contribution in [0.15, 0.2) is 38.8 Å². The minimum Gasteiger partial charge on any atom is -0.407 e. The predicted octanol–water partition coefficient (Wildman–Crippen LogP) is 3.06. The molecule has 1 N–H and O–H groups in total. The van der Waals surface area contributed by atoms with Gasteiger partial charge in [0, 0.05) is 23.0 Å². The van der Waals surface area contributed by atoms with Crippen LogP contribution in [0.3, 0.4) is 0 Å². The van der Waals surface area contributed by atoms with Gasteiger partial charge in [-0.1, -0.05) is 0 Å². The Labute approximate surface area is 157 Å². The summed E-state index contributed by atoms with van der Waals surface area (Å²) in [5.74, 6) is -0.977. The molecule has 27 heavy (non-hydrogen) atoms. The number of amides is 1. The third-order valence-corrected chi connectivity index (χ3v) is 5.79. The first-order chi connectivity index (χ1) is 12.9. The molecule has 1 atom stereocenters. The molecule has 4 heterocycles. The van der Waals surface area contributed by atoms with Gasteiger partial charge in [-0.3, -0.25) is 4.79 Å². The Bertz CT molecular complexity index is 816. The van der Waals surface area contributed by atoms with Gasteiger partial charge in [0.05, 0.1) is 0 Å². The maximum absolute atomic E-state index is 12.5. The van der Waals surface area contributed by atoms with Gasteiger partial charge in [0.15, 0.2) is 0 Å². The van der Waals surface area contributed by atoms with E-state index in [9.17, 15) is 18.0 Å². The van der Waals surface area contributed by atoms with E-state index in [1.807, 2.05) is 0 Å². The van der Waals surface area contributed by atoms with Crippen molar-refractivity contribution in [3.63, 3.8) is 0 Å². The van der Waals surface area contributed by atoms with Crippen LogP contribution >= 0.6 is 11.8 Å². The van der Waals surface area contributed by atoms with E-state index >= 15 is 0 Å². The minimum absolute atomic E-state index is 0.137. The van der Waals surface area contributed by atoms with Crippen molar-refractivity contribution in [2.75, 3.05) is 19.6 Å². The van der Waals surface area contributed by atoms with Crippen LogP contribution in [0.2, 0.25) is 0 Å². The van der Waals surface area contributed by atoms with E-state index in [-0.39, 0.29) is 17.2 Å². The average molecular weight is 398 g/mol. The summed E-state index contributed by atoms with van der Waals surface area (Å²) < 4.78 is 42.0. The molecule has 0 radical (unpaired) electrons. The largest absolute Gasteiger partial charge is 0.470 e. The van der Waals surface area contributed by atoms with Gasteiger partial charge in [-0.2, -0.15) is 13.2 Å². The van der Waals surface area contributed by atoms with Crippen LogP contribution in [0.5, 0.6) is 0 Å². The third kappa shape index (κ3) is 4.11. The summed E-state index contributed by atoms with van der Waals surface area (Å²) in [4.78, 5) is 15.4. The van der Waals surface area contributed by atoms with Crippen molar-refractivity contribution >= 4 is 17.7 Å². The van der Waals surface area contributed by atoms with E-state index in [1.165, 1.54) is 0 Å². The molecular weight excluding hydrogens is 381 g/mol. The molecule has 0 saturated carbocycles. The number of hydrogen-bond acceptors (Lipinski definition) is 6. The Balaban J connectivity index is 1.37. The van der Waals surface area contributed by atoms with Crippen molar-refractivity contribution in [3.8, 4) is 0 Å². The molecule has 10 heteroatoms. The van der Waals surface area contributed by atoms with Gasteiger partial charge in [-0.25, -0.2) is 0 Å². The van der Waals surface area contributed by atoms with Gasteiger partial charge in [-0.05, 0) is 67.9 Å². The molecule has 6 nitrogen and oxygen atoms in total. The van der Waals surface area contributed by atoms with Gasteiger partial charge in [0.2, 0.25) is 0 Å². The van der Waals surface area contributed by atoms with Crippen molar-refractivity contribution in [1.29, 1.82) is 0 Å². The number of halogens is 3. The number of nitrogens with zero attached hydrogens (tertiary/aromatic N) is 3. The smallest absolute Gasteiger partial charge is 0.407 e. The Morgan fingerprint density at radius 1 is 1.19 bits per heavy atom. The second-order valence-electron chi connectivity index (χ2n) is 6.72. The lowest BCUT2D eigenvalue weighted by Gasteiger charge is -2.44. The molecule has 0 unspecified atom stereocenters. The number of piperidine rings is 3. The SMILES string of the molecule is O=C(N[C@H]1CN2CCC1CC2)c1ccc(Sc2nnc(C(F)(F)F)o2)cc1. The number of hydrogen-bond donors (Lipinski definition) is 1. The Morgan fingerprint density at radius 2 is 1.89 bits per heavy atom. The lowest BCUT2D eigenvalue weighted by molar-refractivity contribution is -0.158. The molecule has 1 aromatic heterocycles. The van der Waals surface area contributed by atoms with E-state index in [0.29, 0.717) is 16.4 Å². The van der Waals surface area contributed by atoms with Gasteiger partial charge in [0.1, 0.15) is 0 Å². The highest BCUT2D eigenvalue weighted by Crippen LogP contribution is 2.33. The van der Waals surface area contributed by atoms with Crippen molar-refractivity contribution in [3.05, 3.63) is 35.7 Å². The summed E-state index contributed by atoms with van der Waals surface area (Å²) in [5, 5.41) is 9.26. The van der Waals surface area contributed by atoms with Crippen LogP contribution in [0.4, 0.5) is 13.2 Å². The third-order valence-electron chi connectivity index (χ3n) is 4.94. The van der Waals surface area contributed by atoms with Crippen LogP contribution < -0.4 is 5.32 Å². The van der Waals surface area contributed by atoms with Crippen molar-refractivity contribution in [2.24, 2.45) is 5.92 Å². The zero-order chi connectivity index (χ0) is 19.0. The second-order valence-corrected chi connectivity index (χ2v) is 7.74. The topological polar surface area (TPSA) is 71.3 Å². The summed E-state index contributed by atoms with van der Waals surface area (Å²) in [6.45, 7) is 3.10. The van der Waals surface area contributed by atoms with Crippen molar-refractivity contribution in [1.82, 2.24) is 20.4 Å². The van der Waals surface area contributed by atoms with Crippen LogP contribution in [0.1, 0.15) is 29.1 Å². The monoisotopic (exact) mass is 398 g/mol. The number of carbonyl (C=O) groups is 1. The van der Waals surface area contributed by atoms with Crippen LogP contribution in [-0.2, 0) is 6.18 Å². The molecule has 2 aromatic rings. The molecule has 0 spiro atoms. The van der Waals surface area contributed by atoms with Gasteiger partial charge in [0.25, 0.3) is 11.1 Å². The number of alkyl halides is 3. The van der Waals surface area contributed by atoms with Crippen LogP contribution in [-0.4, -0.2) is 46.7 Å². The molecule has 3 aliphatic rings. The van der Waals surface area contributed by atoms with Gasteiger partial charge < -0.3 is 14.6 Å². The molecule has 3 saturated heterocycles. The molecule has 1 aromatic carbocycles. The Kier molecular flexibility index (Phi) is 4.85. The van der Waals surface area contributed by atoms with E-state index < -0.39 is 12.1 Å². The molecule has 0 aliphatic carbocycles. The first-order valence-electron chi connectivity index (χ1n) is 8.60. The number of nitrogens with one attached hydrogen (secondary N) is 1. The number of fused-ring (bicyclic) bond motifs is 3. The lowest BCUT2D eigenvalue weighted by atomic mass is 9.84. The van der Waals surface area contributed by atoms with E-state index in [2.05, 4.69) is 24.8 Å². The number of carbonyl (C=O) groups excluding carboxylic acids is 1. The molecular formula is C17H17F3N4O2S. The molecule has 5 rings (SSSR count).